The van der Waals surface area contributed by atoms with Gasteiger partial charge in [0, 0.05) is 24.4 Å². The van der Waals surface area contributed by atoms with Crippen LogP contribution in [0.3, 0.4) is 0 Å². The van der Waals surface area contributed by atoms with Gasteiger partial charge in [0.25, 0.3) is 0 Å². The summed E-state index contributed by atoms with van der Waals surface area (Å²) in [4.78, 5) is 14.6. The van der Waals surface area contributed by atoms with Crippen molar-refractivity contribution in [2.75, 3.05) is 26.0 Å². The van der Waals surface area contributed by atoms with Crippen LogP contribution in [0.2, 0.25) is 0 Å². The van der Waals surface area contributed by atoms with Gasteiger partial charge in [-0.25, -0.2) is 0 Å². The minimum absolute atomic E-state index is 0.0409. The van der Waals surface area contributed by atoms with Crippen LogP contribution in [0.25, 0.3) is 0 Å². The van der Waals surface area contributed by atoms with Crippen LogP contribution in [-0.4, -0.2) is 49.0 Å². The smallest absolute Gasteiger partial charge is 0.365 e. The maximum absolute atomic E-state index is 12.0. The first-order chi connectivity index (χ1) is 10.4. The van der Waals surface area contributed by atoms with Crippen molar-refractivity contribution in [3.63, 3.8) is 0 Å². The van der Waals surface area contributed by atoms with Gasteiger partial charge in [-0.05, 0) is 30.4 Å². The van der Waals surface area contributed by atoms with E-state index in [4.69, 9.17) is 0 Å². The third-order valence-corrected chi connectivity index (χ3v) is 4.21. The molecule has 1 amide bonds. The Balaban J connectivity index is 1.66. The molecular formula is C15H18F3NO2S. The van der Waals surface area contributed by atoms with Crippen LogP contribution >= 0.6 is 11.8 Å². The number of likely N-dealkylation sites (tertiary alicyclic amines) is 1. The molecule has 0 aliphatic carbocycles. The van der Waals surface area contributed by atoms with Gasteiger partial charge in [0.15, 0.2) is 0 Å². The first kappa shape index (κ1) is 17.1. The van der Waals surface area contributed by atoms with Crippen LogP contribution in [0.5, 0.6) is 0 Å². The molecule has 0 spiro atoms. The van der Waals surface area contributed by atoms with E-state index < -0.39 is 18.9 Å². The lowest BCUT2D eigenvalue weighted by Crippen LogP contribution is -2.55. The monoisotopic (exact) mass is 333 g/mol. The van der Waals surface area contributed by atoms with Gasteiger partial charge in [-0.1, -0.05) is 12.1 Å². The summed E-state index contributed by atoms with van der Waals surface area (Å²) in [7, 11) is 0. The van der Waals surface area contributed by atoms with E-state index in [1.165, 1.54) is 9.80 Å². The molecule has 122 valence electrons. The fourth-order valence-corrected chi connectivity index (χ4v) is 2.57. The van der Waals surface area contributed by atoms with Crippen molar-refractivity contribution < 1.29 is 22.7 Å². The largest absolute Gasteiger partial charge is 0.411 e. The number of hydrogen-bond acceptors (Lipinski definition) is 3. The number of ether oxygens (including phenoxy) is 1. The Labute approximate surface area is 131 Å². The van der Waals surface area contributed by atoms with Crippen molar-refractivity contribution in [2.45, 2.75) is 30.0 Å². The van der Waals surface area contributed by atoms with Gasteiger partial charge in [-0.3, -0.25) is 4.79 Å². The lowest BCUT2D eigenvalue weighted by Gasteiger charge is -2.39. The molecule has 1 aliphatic heterocycles. The SMILES string of the molecule is CSc1ccc(CCC(=O)N2CC(OCC(F)(F)F)C2)cc1. The third-order valence-electron chi connectivity index (χ3n) is 3.47. The Morgan fingerprint density at radius 1 is 1.32 bits per heavy atom. The topological polar surface area (TPSA) is 29.5 Å². The summed E-state index contributed by atoms with van der Waals surface area (Å²) in [6.07, 6.45) is -1.80. The van der Waals surface area contributed by atoms with Crippen molar-refractivity contribution in [2.24, 2.45) is 0 Å². The Hall–Kier alpha value is -1.21. The zero-order valence-corrected chi connectivity index (χ0v) is 13.0. The van der Waals surface area contributed by atoms with E-state index in [0.29, 0.717) is 12.8 Å². The Kier molecular flexibility index (Phi) is 5.74. The summed E-state index contributed by atoms with van der Waals surface area (Å²) in [6, 6.07) is 8.00. The summed E-state index contributed by atoms with van der Waals surface area (Å²) in [5, 5.41) is 0. The number of rotatable bonds is 6. The highest BCUT2D eigenvalue weighted by Crippen LogP contribution is 2.20. The number of aryl methyl sites for hydroxylation is 1. The van der Waals surface area contributed by atoms with Gasteiger partial charge in [0.1, 0.15) is 6.61 Å². The summed E-state index contributed by atoms with van der Waals surface area (Å²) in [5.41, 5.74) is 1.08. The molecule has 0 aromatic heterocycles. The molecule has 0 N–H and O–H groups in total. The minimum atomic E-state index is -4.31. The number of thioether (sulfide) groups is 1. The molecule has 1 heterocycles. The average Bonchev–Trinajstić information content (AvgIpc) is 2.42. The minimum Gasteiger partial charge on any atom is -0.365 e. The van der Waals surface area contributed by atoms with Gasteiger partial charge < -0.3 is 9.64 Å². The van der Waals surface area contributed by atoms with E-state index in [9.17, 15) is 18.0 Å². The van der Waals surface area contributed by atoms with Crippen LogP contribution in [0.4, 0.5) is 13.2 Å². The Morgan fingerprint density at radius 3 is 2.50 bits per heavy atom. The maximum atomic E-state index is 12.0. The highest BCUT2D eigenvalue weighted by molar-refractivity contribution is 7.98. The molecule has 7 heteroatoms. The Bertz CT molecular complexity index is 499. The number of carbonyl (C=O) groups is 1. The quantitative estimate of drug-likeness (QED) is 0.749. The van der Waals surface area contributed by atoms with Crippen molar-refractivity contribution in [1.29, 1.82) is 0 Å². The molecule has 0 unspecified atom stereocenters. The van der Waals surface area contributed by atoms with Crippen LogP contribution in [0.15, 0.2) is 29.2 Å². The molecule has 1 aromatic rings. The molecule has 0 bridgehead atoms. The highest BCUT2D eigenvalue weighted by atomic mass is 32.2. The van der Waals surface area contributed by atoms with Crippen LogP contribution in [0.1, 0.15) is 12.0 Å². The molecule has 1 aliphatic rings. The number of hydrogen-bond donors (Lipinski definition) is 0. The van der Waals surface area contributed by atoms with Gasteiger partial charge in [-0.15, -0.1) is 11.8 Å². The normalized spacial score (nSPS) is 15.7. The van der Waals surface area contributed by atoms with Gasteiger partial charge in [0.05, 0.1) is 6.10 Å². The van der Waals surface area contributed by atoms with Crippen LogP contribution in [-0.2, 0) is 16.0 Å². The number of alkyl halides is 3. The molecule has 22 heavy (non-hydrogen) atoms. The lowest BCUT2D eigenvalue weighted by molar-refractivity contribution is -0.200. The molecule has 0 radical (unpaired) electrons. The van der Waals surface area contributed by atoms with Crippen LogP contribution in [0, 0.1) is 0 Å². The predicted octanol–water partition coefficient (Wildman–Crippen LogP) is 3.13. The van der Waals surface area contributed by atoms with Gasteiger partial charge in [0.2, 0.25) is 5.91 Å². The molecule has 1 fully saturated rings. The maximum Gasteiger partial charge on any atom is 0.411 e. The average molecular weight is 333 g/mol. The molecule has 0 atom stereocenters. The van der Waals surface area contributed by atoms with E-state index in [-0.39, 0.29) is 19.0 Å². The summed E-state index contributed by atoms with van der Waals surface area (Å²) >= 11 is 1.66. The molecule has 1 aromatic carbocycles. The first-order valence-corrected chi connectivity index (χ1v) is 8.19. The number of nitrogens with zero attached hydrogens (tertiary/aromatic N) is 1. The van der Waals surface area contributed by atoms with E-state index in [1.54, 1.807) is 11.8 Å². The molecule has 1 saturated heterocycles. The third kappa shape index (κ3) is 5.21. The Morgan fingerprint density at radius 2 is 1.95 bits per heavy atom. The summed E-state index contributed by atoms with van der Waals surface area (Å²) < 4.78 is 40.7. The van der Waals surface area contributed by atoms with Crippen molar-refractivity contribution >= 4 is 17.7 Å². The first-order valence-electron chi connectivity index (χ1n) is 6.96. The molecule has 3 nitrogen and oxygen atoms in total. The fraction of sp³-hybridized carbons (Fsp3) is 0.533. The van der Waals surface area contributed by atoms with Crippen molar-refractivity contribution in [3.8, 4) is 0 Å². The molecule has 2 rings (SSSR count). The number of halogens is 3. The number of benzene rings is 1. The van der Waals surface area contributed by atoms with Gasteiger partial charge >= 0.3 is 6.18 Å². The van der Waals surface area contributed by atoms with Gasteiger partial charge in [-0.2, -0.15) is 13.2 Å². The van der Waals surface area contributed by atoms with Crippen molar-refractivity contribution in [1.82, 2.24) is 4.90 Å². The second-order valence-electron chi connectivity index (χ2n) is 5.19. The van der Waals surface area contributed by atoms with E-state index in [0.717, 1.165) is 5.56 Å². The summed E-state index contributed by atoms with van der Waals surface area (Å²) in [6.45, 7) is -0.748. The lowest BCUT2D eigenvalue weighted by atomic mass is 10.1. The molecular weight excluding hydrogens is 315 g/mol. The number of amides is 1. The fourth-order valence-electron chi connectivity index (χ4n) is 2.16. The predicted molar refractivity (Wildman–Crippen MR) is 78.9 cm³/mol. The van der Waals surface area contributed by atoms with Crippen molar-refractivity contribution in [3.05, 3.63) is 29.8 Å². The standard InChI is InChI=1S/C15H18F3NO2S/c1-22-13-5-2-11(3-6-13)4-7-14(20)19-8-12(9-19)21-10-15(16,17)18/h2-3,5-6,12H,4,7-10H2,1H3. The second kappa shape index (κ2) is 7.37. The van der Waals surface area contributed by atoms with Crippen LogP contribution < -0.4 is 0 Å². The van der Waals surface area contributed by atoms with E-state index in [2.05, 4.69) is 4.74 Å². The number of carbonyl (C=O) groups excluding carboxylic acids is 1. The van der Waals surface area contributed by atoms with E-state index >= 15 is 0 Å². The zero-order chi connectivity index (χ0) is 16.2. The van der Waals surface area contributed by atoms with E-state index in [1.807, 2.05) is 30.5 Å². The summed E-state index contributed by atoms with van der Waals surface area (Å²) in [5.74, 6) is -0.0409. The zero-order valence-electron chi connectivity index (χ0n) is 12.2. The molecule has 0 saturated carbocycles. The highest BCUT2D eigenvalue weighted by Gasteiger charge is 2.35. The second-order valence-corrected chi connectivity index (χ2v) is 6.07.